The maximum absolute atomic E-state index is 11.8. The van der Waals surface area contributed by atoms with E-state index in [0.29, 0.717) is 24.4 Å². The summed E-state index contributed by atoms with van der Waals surface area (Å²) in [5.74, 6) is 1.47. The van der Waals surface area contributed by atoms with Gasteiger partial charge in [0, 0.05) is 31.6 Å². The average Bonchev–Trinajstić information content (AvgIpc) is 3.00. The van der Waals surface area contributed by atoms with Gasteiger partial charge in [-0.05, 0) is 44.1 Å². The molecule has 0 bridgehead atoms. The molecule has 1 saturated carbocycles. The minimum atomic E-state index is 0.183. The van der Waals surface area contributed by atoms with Crippen molar-refractivity contribution in [1.82, 2.24) is 16.0 Å². The lowest BCUT2D eigenvalue weighted by Gasteiger charge is -2.36. The molecule has 0 radical (unpaired) electrons. The van der Waals surface area contributed by atoms with E-state index in [1.54, 1.807) is 0 Å². The molecule has 0 aromatic heterocycles. The largest absolute Gasteiger partial charge is 0.356 e. The Kier molecular flexibility index (Phi) is 6.97. The number of carbonyl (C=O) groups excluding carboxylic acids is 1. The summed E-state index contributed by atoms with van der Waals surface area (Å²) in [4.78, 5) is 11.8. The number of hydrogen-bond acceptors (Lipinski definition) is 3. The van der Waals surface area contributed by atoms with E-state index in [0.717, 1.165) is 19.0 Å². The third kappa shape index (κ3) is 5.59. The first-order valence-electron chi connectivity index (χ1n) is 8.90. The standard InChI is InChI=1S/C17H33N3O/c1-13(2)12-20-17(21)9-11-19-15-7-4-3-6-14(15)16-8-5-10-18-16/h13-16,18-19H,3-12H2,1-2H3,(H,20,21). The highest BCUT2D eigenvalue weighted by atomic mass is 16.1. The zero-order valence-electron chi connectivity index (χ0n) is 13.8. The molecule has 2 fully saturated rings. The van der Waals surface area contributed by atoms with Crippen molar-refractivity contribution in [3.8, 4) is 0 Å². The van der Waals surface area contributed by atoms with Crippen molar-refractivity contribution in [3.63, 3.8) is 0 Å². The van der Waals surface area contributed by atoms with Crippen LogP contribution in [-0.2, 0) is 4.79 Å². The van der Waals surface area contributed by atoms with Gasteiger partial charge < -0.3 is 16.0 Å². The summed E-state index contributed by atoms with van der Waals surface area (Å²) in [5, 5.41) is 10.3. The zero-order valence-corrected chi connectivity index (χ0v) is 13.8. The van der Waals surface area contributed by atoms with Crippen LogP contribution in [-0.4, -0.2) is 37.6 Å². The van der Waals surface area contributed by atoms with Gasteiger partial charge in [-0.15, -0.1) is 0 Å². The lowest BCUT2D eigenvalue weighted by atomic mass is 9.79. The summed E-state index contributed by atoms with van der Waals surface area (Å²) in [6.45, 7) is 7.04. The van der Waals surface area contributed by atoms with E-state index in [1.165, 1.54) is 45.1 Å². The first-order chi connectivity index (χ1) is 10.2. The molecular weight excluding hydrogens is 262 g/mol. The van der Waals surface area contributed by atoms with Crippen LogP contribution < -0.4 is 16.0 Å². The summed E-state index contributed by atoms with van der Waals surface area (Å²) in [5.41, 5.74) is 0. The quantitative estimate of drug-likeness (QED) is 0.674. The van der Waals surface area contributed by atoms with Crippen molar-refractivity contribution in [2.75, 3.05) is 19.6 Å². The topological polar surface area (TPSA) is 53.2 Å². The molecule has 1 aliphatic heterocycles. The third-order valence-electron chi connectivity index (χ3n) is 4.90. The summed E-state index contributed by atoms with van der Waals surface area (Å²) in [6.07, 6.45) is 8.58. The van der Waals surface area contributed by atoms with E-state index in [9.17, 15) is 4.79 Å². The molecule has 3 unspecified atom stereocenters. The average molecular weight is 295 g/mol. The van der Waals surface area contributed by atoms with Gasteiger partial charge in [-0.1, -0.05) is 26.7 Å². The van der Waals surface area contributed by atoms with Gasteiger partial charge >= 0.3 is 0 Å². The van der Waals surface area contributed by atoms with E-state index in [-0.39, 0.29) is 5.91 Å². The number of nitrogens with one attached hydrogen (secondary N) is 3. The molecule has 3 N–H and O–H groups in total. The minimum Gasteiger partial charge on any atom is -0.356 e. The maximum atomic E-state index is 11.8. The van der Waals surface area contributed by atoms with Crippen LogP contribution in [0.4, 0.5) is 0 Å². The first kappa shape index (κ1) is 16.8. The van der Waals surface area contributed by atoms with E-state index < -0.39 is 0 Å². The molecule has 122 valence electrons. The number of rotatable bonds is 7. The van der Waals surface area contributed by atoms with E-state index in [1.807, 2.05) is 0 Å². The molecule has 1 heterocycles. The molecule has 4 heteroatoms. The van der Waals surface area contributed by atoms with Crippen molar-refractivity contribution in [1.29, 1.82) is 0 Å². The highest BCUT2D eigenvalue weighted by Crippen LogP contribution is 2.30. The fourth-order valence-electron chi connectivity index (χ4n) is 3.75. The van der Waals surface area contributed by atoms with Gasteiger partial charge in [-0.3, -0.25) is 4.79 Å². The van der Waals surface area contributed by atoms with Crippen molar-refractivity contribution < 1.29 is 4.79 Å². The molecule has 1 saturated heterocycles. The first-order valence-corrected chi connectivity index (χ1v) is 8.90. The molecule has 0 aromatic rings. The fourth-order valence-corrected chi connectivity index (χ4v) is 3.75. The molecule has 2 aliphatic rings. The Morgan fingerprint density at radius 3 is 2.71 bits per heavy atom. The Morgan fingerprint density at radius 1 is 1.19 bits per heavy atom. The lowest BCUT2D eigenvalue weighted by molar-refractivity contribution is -0.121. The van der Waals surface area contributed by atoms with Crippen LogP contribution in [0.25, 0.3) is 0 Å². The zero-order chi connectivity index (χ0) is 15.1. The van der Waals surface area contributed by atoms with Gasteiger partial charge in [0.1, 0.15) is 0 Å². The molecule has 4 nitrogen and oxygen atoms in total. The normalized spacial score (nSPS) is 29.8. The van der Waals surface area contributed by atoms with Crippen molar-refractivity contribution in [3.05, 3.63) is 0 Å². The number of carbonyl (C=O) groups is 1. The molecule has 0 spiro atoms. The van der Waals surface area contributed by atoms with Crippen LogP contribution in [0.3, 0.4) is 0 Å². The third-order valence-corrected chi connectivity index (χ3v) is 4.90. The Hall–Kier alpha value is -0.610. The lowest BCUT2D eigenvalue weighted by Crippen LogP contribution is -2.47. The second kappa shape index (κ2) is 8.74. The summed E-state index contributed by atoms with van der Waals surface area (Å²) < 4.78 is 0. The maximum Gasteiger partial charge on any atom is 0.221 e. The van der Waals surface area contributed by atoms with E-state index >= 15 is 0 Å². The number of hydrogen-bond donors (Lipinski definition) is 3. The highest BCUT2D eigenvalue weighted by Gasteiger charge is 2.32. The van der Waals surface area contributed by atoms with Crippen LogP contribution >= 0.6 is 0 Å². The van der Waals surface area contributed by atoms with Crippen LogP contribution in [0, 0.1) is 11.8 Å². The van der Waals surface area contributed by atoms with Crippen LogP contribution in [0.5, 0.6) is 0 Å². The van der Waals surface area contributed by atoms with E-state index in [2.05, 4.69) is 29.8 Å². The van der Waals surface area contributed by atoms with Gasteiger partial charge in [0.2, 0.25) is 5.91 Å². The van der Waals surface area contributed by atoms with Crippen molar-refractivity contribution in [2.45, 2.75) is 70.9 Å². The second-order valence-corrected chi connectivity index (χ2v) is 7.16. The van der Waals surface area contributed by atoms with Crippen molar-refractivity contribution >= 4 is 5.91 Å². The predicted octanol–water partition coefficient (Wildman–Crippen LogP) is 2.05. The van der Waals surface area contributed by atoms with Crippen molar-refractivity contribution in [2.24, 2.45) is 11.8 Å². The van der Waals surface area contributed by atoms with Gasteiger partial charge in [0.25, 0.3) is 0 Å². The Bertz CT molecular complexity index is 313. The minimum absolute atomic E-state index is 0.183. The number of amides is 1. The Labute approximate surface area is 129 Å². The molecule has 2 rings (SSSR count). The summed E-state index contributed by atoms with van der Waals surface area (Å²) in [6, 6.07) is 1.31. The summed E-state index contributed by atoms with van der Waals surface area (Å²) in [7, 11) is 0. The fraction of sp³-hybridized carbons (Fsp3) is 0.941. The Balaban J connectivity index is 1.68. The SMILES string of the molecule is CC(C)CNC(=O)CCNC1CCCCC1C1CCCN1. The van der Waals surface area contributed by atoms with Gasteiger partial charge in [-0.2, -0.15) is 0 Å². The second-order valence-electron chi connectivity index (χ2n) is 7.16. The monoisotopic (exact) mass is 295 g/mol. The molecule has 1 amide bonds. The highest BCUT2D eigenvalue weighted by molar-refractivity contribution is 5.76. The Morgan fingerprint density at radius 2 is 2.00 bits per heavy atom. The van der Waals surface area contributed by atoms with Crippen LogP contribution in [0.15, 0.2) is 0 Å². The van der Waals surface area contributed by atoms with Gasteiger partial charge in [-0.25, -0.2) is 0 Å². The predicted molar refractivity (Wildman–Crippen MR) is 87.2 cm³/mol. The van der Waals surface area contributed by atoms with Gasteiger partial charge in [0.05, 0.1) is 0 Å². The van der Waals surface area contributed by atoms with Gasteiger partial charge in [0.15, 0.2) is 0 Å². The summed E-state index contributed by atoms with van der Waals surface area (Å²) >= 11 is 0. The van der Waals surface area contributed by atoms with Crippen LogP contribution in [0.1, 0.15) is 58.8 Å². The molecular formula is C17H33N3O. The molecule has 21 heavy (non-hydrogen) atoms. The smallest absolute Gasteiger partial charge is 0.221 e. The molecule has 3 atom stereocenters. The van der Waals surface area contributed by atoms with Crippen LogP contribution in [0.2, 0.25) is 0 Å². The van der Waals surface area contributed by atoms with E-state index in [4.69, 9.17) is 0 Å². The molecule has 0 aromatic carbocycles. The molecule has 1 aliphatic carbocycles.